The third-order valence-corrected chi connectivity index (χ3v) is 2.76. The minimum Gasteiger partial charge on any atom is -1.00 e. The van der Waals surface area contributed by atoms with Crippen molar-refractivity contribution < 1.29 is 26.3 Å². The van der Waals surface area contributed by atoms with Gasteiger partial charge in [0, 0.05) is 17.7 Å². The number of carbonyl (C=O) groups excluding carboxylic acids is 1. The van der Waals surface area contributed by atoms with Crippen LogP contribution in [0.1, 0.15) is 21.5 Å². The smallest absolute Gasteiger partial charge is 0.227 e. The molecule has 0 radical (unpaired) electrons. The minimum atomic E-state index is 0. The molecule has 1 aromatic heterocycles. The molecule has 0 N–H and O–H groups in total. The van der Waals surface area contributed by atoms with E-state index in [0.29, 0.717) is 6.54 Å². The molecule has 0 unspecified atom stereocenters. The fourth-order valence-corrected chi connectivity index (χ4v) is 1.63. The molecule has 1 aromatic carbocycles. The molecule has 2 rings (SSSR count). The number of pyridine rings is 1. The number of halogens is 1. The van der Waals surface area contributed by atoms with Crippen molar-refractivity contribution in [3.63, 3.8) is 0 Å². The van der Waals surface area contributed by atoms with Crippen LogP contribution in [0.2, 0.25) is 0 Å². The number of aryl methyl sites for hydroxylation is 2. The van der Waals surface area contributed by atoms with E-state index in [9.17, 15) is 4.79 Å². The quantitative estimate of drug-likeness (QED) is 0.552. The first-order valence-electron chi connectivity index (χ1n) is 5.71. The molecule has 94 valence electrons. The van der Waals surface area contributed by atoms with Crippen LogP contribution in [0.15, 0.2) is 48.8 Å². The Kier molecular flexibility index (Phi) is 5.23. The SMILES string of the molecule is Cc1ccc(C(=O)C[n+]2ccc(C)cc2)cc1.[Br-]. The molecule has 2 nitrogen and oxygen atoms in total. The third kappa shape index (κ3) is 3.77. The predicted octanol–water partition coefficient (Wildman–Crippen LogP) is -0.522. The van der Waals surface area contributed by atoms with Gasteiger partial charge in [-0.3, -0.25) is 4.79 Å². The fourth-order valence-electron chi connectivity index (χ4n) is 1.63. The van der Waals surface area contributed by atoms with Gasteiger partial charge in [0.1, 0.15) is 0 Å². The largest absolute Gasteiger partial charge is 1.00 e. The van der Waals surface area contributed by atoms with E-state index in [1.807, 2.05) is 67.2 Å². The molecule has 18 heavy (non-hydrogen) atoms. The Morgan fingerprint density at radius 2 is 1.44 bits per heavy atom. The van der Waals surface area contributed by atoms with Gasteiger partial charge in [0.25, 0.3) is 0 Å². The van der Waals surface area contributed by atoms with Gasteiger partial charge < -0.3 is 17.0 Å². The summed E-state index contributed by atoms with van der Waals surface area (Å²) in [6, 6.07) is 11.7. The Labute approximate surface area is 118 Å². The number of rotatable bonds is 3. The first-order valence-corrected chi connectivity index (χ1v) is 5.71. The van der Waals surface area contributed by atoms with Crippen molar-refractivity contribution in [1.82, 2.24) is 0 Å². The van der Waals surface area contributed by atoms with Crippen LogP contribution in [0.4, 0.5) is 0 Å². The first kappa shape index (κ1) is 14.6. The van der Waals surface area contributed by atoms with Gasteiger partial charge in [0.15, 0.2) is 12.4 Å². The average molecular weight is 306 g/mol. The highest BCUT2D eigenvalue weighted by molar-refractivity contribution is 5.95. The standard InChI is InChI=1S/C15H16NO.BrH/c1-12-3-5-14(6-4-12)15(17)11-16-9-7-13(2)8-10-16;/h3-10H,11H2,1-2H3;1H/q+1;/p-1. The monoisotopic (exact) mass is 305 g/mol. The highest BCUT2D eigenvalue weighted by Crippen LogP contribution is 2.04. The summed E-state index contributed by atoms with van der Waals surface area (Å²) in [7, 11) is 0. The van der Waals surface area contributed by atoms with Crippen LogP contribution < -0.4 is 21.5 Å². The Hall–Kier alpha value is -1.48. The summed E-state index contributed by atoms with van der Waals surface area (Å²) in [6.45, 7) is 4.44. The van der Waals surface area contributed by atoms with Crippen LogP contribution >= 0.6 is 0 Å². The molecule has 0 fully saturated rings. The van der Waals surface area contributed by atoms with E-state index < -0.39 is 0 Å². The molecule has 3 heteroatoms. The second-order valence-electron chi connectivity index (χ2n) is 4.34. The van der Waals surface area contributed by atoms with E-state index in [-0.39, 0.29) is 22.8 Å². The Morgan fingerprint density at radius 3 is 2.00 bits per heavy atom. The average Bonchev–Trinajstić information content (AvgIpc) is 2.33. The number of Topliss-reactive ketones (excluding diaryl/α,β-unsaturated/α-hetero) is 1. The lowest BCUT2D eigenvalue weighted by Crippen LogP contribution is -3.00. The molecular formula is C15H16BrNO. The van der Waals surface area contributed by atoms with E-state index >= 15 is 0 Å². The molecule has 0 saturated heterocycles. The Bertz CT molecular complexity index is 517. The maximum absolute atomic E-state index is 12.0. The molecule has 0 aliphatic rings. The predicted molar refractivity (Wildman–Crippen MR) is 66.9 cm³/mol. The fraction of sp³-hybridized carbons (Fsp3) is 0.200. The number of ketones is 1. The Morgan fingerprint density at radius 1 is 0.944 bits per heavy atom. The lowest BCUT2D eigenvalue weighted by atomic mass is 10.1. The van der Waals surface area contributed by atoms with E-state index in [2.05, 4.69) is 0 Å². The summed E-state index contributed by atoms with van der Waals surface area (Å²) in [6.07, 6.45) is 3.86. The van der Waals surface area contributed by atoms with Crippen molar-refractivity contribution in [3.05, 3.63) is 65.5 Å². The Balaban J connectivity index is 0.00000162. The number of hydrogen-bond acceptors (Lipinski definition) is 1. The number of nitrogens with zero attached hydrogens (tertiary/aromatic N) is 1. The van der Waals surface area contributed by atoms with Crippen LogP contribution in [0.3, 0.4) is 0 Å². The molecule has 0 spiro atoms. The zero-order valence-electron chi connectivity index (χ0n) is 10.6. The normalized spacial score (nSPS) is 9.67. The maximum Gasteiger partial charge on any atom is 0.227 e. The van der Waals surface area contributed by atoms with Crippen molar-refractivity contribution in [1.29, 1.82) is 0 Å². The van der Waals surface area contributed by atoms with Crippen LogP contribution in [0, 0.1) is 13.8 Å². The molecule has 2 aromatic rings. The number of aromatic nitrogens is 1. The van der Waals surface area contributed by atoms with Gasteiger partial charge in [-0.25, -0.2) is 0 Å². The molecule has 0 atom stereocenters. The summed E-state index contributed by atoms with van der Waals surface area (Å²) >= 11 is 0. The van der Waals surface area contributed by atoms with Gasteiger partial charge in [-0.15, -0.1) is 0 Å². The van der Waals surface area contributed by atoms with Crippen LogP contribution in [0.25, 0.3) is 0 Å². The van der Waals surface area contributed by atoms with Gasteiger partial charge in [-0.1, -0.05) is 29.8 Å². The summed E-state index contributed by atoms with van der Waals surface area (Å²) in [4.78, 5) is 12.0. The molecule has 0 amide bonds. The van der Waals surface area contributed by atoms with Gasteiger partial charge in [-0.05, 0) is 19.4 Å². The van der Waals surface area contributed by atoms with E-state index in [0.717, 1.165) is 5.56 Å². The van der Waals surface area contributed by atoms with Crippen molar-refractivity contribution >= 4 is 5.78 Å². The van der Waals surface area contributed by atoms with E-state index in [1.54, 1.807) is 0 Å². The number of hydrogen-bond donors (Lipinski definition) is 0. The summed E-state index contributed by atoms with van der Waals surface area (Å²) in [5, 5.41) is 0. The summed E-state index contributed by atoms with van der Waals surface area (Å²) < 4.78 is 1.90. The van der Waals surface area contributed by atoms with E-state index in [4.69, 9.17) is 0 Å². The molecule has 1 heterocycles. The third-order valence-electron chi connectivity index (χ3n) is 2.76. The van der Waals surface area contributed by atoms with E-state index in [1.165, 1.54) is 11.1 Å². The molecule has 0 bridgehead atoms. The lowest BCUT2D eigenvalue weighted by molar-refractivity contribution is -0.683. The van der Waals surface area contributed by atoms with Crippen molar-refractivity contribution in [3.8, 4) is 0 Å². The van der Waals surface area contributed by atoms with Gasteiger partial charge in [0.2, 0.25) is 12.3 Å². The van der Waals surface area contributed by atoms with Gasteiger partial charge >= 0.3 is 0 Å². The maximum atomic E-state index is 12.0. The zero-order chi connectivity index (χ0) is 12.3. The number of carbonyl (C=O) groups is 1. The van der Waals surface area contributed by atoms with Crippen molar-refractivity contribution in [2.24, 2.45) is 0 Å². The minimum absolute atomic E-state index is 0. The topological polar surface area (TPSA) is 20.9 Å². The van der Waals surface area contributed by atoms with Crippen LogP contribution in [0.5, 0.6) is 0 Å². The van der Waals surface area contributed by atoms with Crippen molar-refractivity contribution in [2.75, 3.05) is 0 Å². The second-order valence-corrected chi connectivity index (χ2v) is 4.34. The molecule has 0 saturated carbocycles. The first-order chi connectivity index (χ1) is 8.15. The van der Waals surface area contributed by atoms with Crippen LogP contribution in [-0.4, -0.2) is 5.78 Å². The molecular weight excluding hydrogens is 290 g/mol. The molecule has 0 aliphatic heterocycles. The highest BCUT2D eigenvalue weighted by Gasteiger charge is 2.11. The van der Waals surface area contributed by atoms with Crippen molar-refractivity contribution in [2.45, 2.75) is 20.4 Å². The summed E-state index contributed by atoms with van der Waals surface area (Å²) in [5.74, 6) is 0.138. The highest BCUT2D eigenvalue weighted by atomic mass is 79.9. The second kappa shape index (κ2) is 6.45. The lowest BCUT2D eigenvalue weighted by Gasteiger charge is -1.99. The number of benzene rings is 1. The summed E-state index contributed by atoms with van der Waals surface area (Å²) in [5.41, 5.74) is 3.14. The van der Waals surface area contributed by atoms with Gasteiger partial charge in [0.05, 0.1) is 0 Å². The van der Waals surface area contributed by atoms with Crippen LogP contribution in [-0.2, 0) is 6.54 Å². The zero-order valence-corrected chi connectivity index (χ0v) is 12.1. The van der Waals surface area contributed by atoms with Gasteiger partial charge in [-0.2, -0.15) is 4.57 Å². The molecule has 0 aliphatic carbocycles.